The van der Waals surface area contributed by atoms with Crippen molar-refractivity contribution >= 4 is 34.0 Å². The van der Waals surface area contributed by atoms with Crippen LogP contribution in [-0.4, -0.2) is 7.38 Å². The highest BCUT2D eigenvalue weighted by Crippen LogP contribution is 2.47. The van der Waals surface area contributed by atoms with Gasteiger partial charge in [0, 0.05) is 0 Å². The van der Waals surface area contributed by atoms with Crippen molar-refractivity contribution in [2.75, 3.05) is 0 Å². The van der Waals surface area contributed by atoms with E-state index in [0.717, 1.165) is 99.0 Å². The highest BCUT2D eigenvalue weighted by Gasteiger charge is 2.47. The Morgan fingerprint density at radius 1 is 0.208 bits per heavy atom. The van der Waals surface area contributed by atoms with Crippen molar-refractivity contribution < 1.29 is 0 Å². The summed E-state index contributed by atoms with van der Waals surface area (Å²) in [4.78, 5) is 0. The van der Waals surface area contributed by atoms with Crippen LogP contribution in [0.4, 0.5) is 0 Å². The van der Waals surface area contributed by atoms with E-state index in [0.29, 0.717) is 0 Å². The standard InChI is InChI=1S/C75H57ClSi/c1-52-64(55-31-13-4-14-32-55)49-67(73(61-43-25-10-26-44-61)70(52)58-37-19-7-20-38-58)77(76,68-50-65(56-33-15-5-16-34-56)53(2)71(59-39-21-8-22-40-59)74(68)62-45-27-11-28-46-62)69-51-66(57-35-17-6-18-36-57)54(3)72(60-41-23-9-24-42-60)75(69)63-47-29-12-30-48-63/h4-51H,1-3H3. The van der Waals surface area contributed by atoms with Gasteiger partial charge in [-0.1, -0.05) is 291 Å². The second-order valence-corrected chi connectivity index (χ2v) is 24.6. The fourth-order valence-electron chi connectivity index (χ4n) is 12.0. The number of rotatable bonds is 12. The molecule has 0 amide bonds. The maximum atomic E-state index is 10.0. The van der Waals surface area contributed by atoms with Gasteiger partial charge in [0.25, 0.3) is 0 Å². The van der Waals surface area contributed by atoms with Crippen LogP contribution in [0.3, 0.4) is 0 Å². The summed E-state index contributed by atoms with van der Waals surface area (Å²) in [6.07, 6.45) is 0. The van der Waals surface area contributed by atoms with Gasteiger partial charge in [-0.3, -0.25) is 0 Å². The van der Waals surface area contributed by atoms with Crippen molar-refractivity contribution in [1.29, 1.82) is 0 Å². The topological polar surface area (TPSA) is 0 Å². The minimum absolute atomic E-state index is 1.11. The lowest BCUT2D eigenvalue weighted by Gasteiger charge is -2.37. The van der Waals surface area contributed by atoms with Crippen LogP contribution in [0.1, 0.15) is 16.7 Å². The second-order valence-electron chi connectivity index (χ2n) is 20.0. The van der Waals surface area contributed by atoms with Gasteiger partial charge in [-0.05, 0) is 153 Å². The largest absolute Gasteiger partial charge is 0.249 e. The lowest BCUT2D eigenvalue weighted by atomic mass is 9.86. The Balaban J connectivity index is 1.41. The first-order valence-corrected chi connectivity index (χ1v) is 29.6. The van der Waals surface area contributed by atoms with Crippen LogP contribution < -0.4 is 15.6 Å². The van der Waals surface area contributed by atoms with Gasteiger partial charge in [-0.15, -0.1) is 11.1 Å². The van der Waals surface area contributed by atoms with Crippen LogP contribution in [0.15, 0.2) is 291 Å². The molecule has 0 aliphatic rings. The van der Waals surface area contributed by atoms with Gasteiger partial charge in [0.05, 0.1) is 0 Å². The molecular formula is C75H57ClSi. The lowest BCUT2D eigenvalue weighted by Crippen LogP contribution is -2.65. The van der Waals surface area contributed by atoms with Gasteiger partial charge in [-0.2, -0.15) is 0 Å². The zero-order chi connectivity index (χ0) is 52.3. The van der Waals surface area contributed by atoms with E-state index >= 15 is 0 Å². The molecule has 0 saturated carbocycles. The molecule has 12 aromatic carbocycles. The Kier molecular flexibility index (Phi) is 13.6. The van der Waals surface area contributed by atoms with Gasteiger partial charge in [0.15, 0.2) is 0 Å². The number of hydrogen-bond donors (Lipinski definition) is 0. The normalized spacial score (nSPS) is 11.4. The van der Waals surface area contributed by atoms with Crippen molar-refractivity contribution in [3.63, 3.8) is 0 Å². The molecule has 2 heteroatoms. The molecule has 0 nitrogen and oxygen atoms in total. The first-order chi connectivity index (χ1) is 37.9. The van der Waals surface area contributed by atoms with E-state index in [1.807, 2.05) is 0 Å². The molecule has 12 aromatic rings. The molecule has 0 radical (unpaired) electrons. The van der Waals surface area contributed by atoms with Crippen molar-refractivity contribution in [2.45, 2.75) is 20.8 Å². The first kappa shape index (κ1) is 49.0. The van der Waals surface area contributed by atoms with Crippen LogP contribution in [0, 0.1) is 20.8 Å². The molecule has 368 valence electrons. The van der Waals surface area contributed by atoms with Gasteiger partial charge in [0.1, 0.15) is 0 Å². The van der Waals surface area contributed by atoms with Crippen LogP contribution in [0.25, 0.3) is 100 Å². The fraction of sp³-hybridized carbons (Fsp3) is 0.0400. The molecule has 0 atom stereocenters. The lowest BCUT2D eigenvalue weighted by molar-refractivity contribution is 1.44. The molecule has 0 N–H and O–H groups in total. The van der Waals surface area contributed by atoms with Crippen LogP contribution in [0.5, 0.6) is 0 Å². The molecule has 0 aliphatic heterocycles. The summed E-state index contributed by atoms with van der Waals surface area (Å²) in [5.74, 6) is 0. The first-order valence-electron chi connectivity index (χ1n) is 26.6. The average Bonchev–Trinajstić information content (AvgIpc) is 3.55. The molecule has 0 unspecified atom stereocenters. The van der Waals surface area contributed by atoms with Crippen molar-refractivity contribution in [3.05, 3.63) is 308 Å². The molecule has 0 aromatic heterocycles. The summed E-state index contributed by atoms with van der Waals surface area (Å²) in [6.45, 7) is 6.93. The predicted molar refractivity (Wildman–Crippen MR) is 333 cm³/mol. The van der Waals surface area contributed by atoms with Gasteiger partial charge in [-0.25, -0.2) is 0 Å². The number of benzene rings is 12. The highest BCUT2D eigenvalue weighted by molar-refractivity contribution is 7.41. The predicted octanol–water partition coefficient (Wildman–Crippen LogP) is 18.8. The summed E-state index contributed by atoms with van der Waals surface area (Å²) in [6, 6.07) is 106. The Morgan fingerprint density at radius 2 is 0.364 bits per heavy atom. The highest BCUT2D eigenvalue weighted by atomic mass is 35.6. The zero-order valence-corrected chi connectivity index (χ0v) is 45.3. The Bertz CT molecular complexity index is 3570. The molecule has 0 spiro atoms. The van der Waals surface area contributed by atoms with E-state index in [2.05, 4.69) is 312 Å². The minimum atomic E-state index is -4.14. The molecule has 0 bridgehead atoms. The Labute approximate surface area is 460 Å². The summed E-state index contributed by atoms with van der Waals surface area (Å²) in [5, 5.41) is 3.35. The Morgan fingerprint density at radius 3 is 0.545 bits per heavy atom. The monoisotopic (exact) mass is 1020 g/mol. The van der Waals surface area contributed by atoms with Gasteiger partial charge in [0.2, 0.25) is 7.38 Å². The minimum Gasteiger partial charge on any atom is -0.149 e. The summed E-state index contributed by atoms with van der Waals surface area (Å²) in [7, 11) is -4.14. The van der Waals surface area contributed by atoms with Crippen molar-refractivity contribution in [2.24, 2.45) is 0 Å². The molecule has 12 rings (SSSR count). The van der Waals surface area contributed by atoms with E-state index in [9.17, 15) is 11.1 Å². The van der Waals surface area contributed by atoms with E-state index in [1.54, 1.807) is 0 Å². The van der Waals surface area contributed by atoms with Gasteiger partial charge >= 0.3 is 0 Å². The fourth-order valence-corrected chi connectivity index (χ4v) is 17.0. The van der Waals surface area contributed by atoms with Crippen LogP contribution >= 0.6 is 11.1 Å². The quantitative estimate of drug-likeness (QED) is 0.0650. The van der Waals surface area contributed by atoms with E-state index in [1.165, 1.54) is 33.4 Å². The molecule has 77 heavy (non-hydrogen) atoms. The molecule has 0 saturated heterocycles. The molecule has 0 fully saturated rings. The van der Waals surface area contributed by atoms with E-state index < -0.39 is 7.38 Å². The maximum absolute atomic E-state index is 10.0. The third kappa shape index (κ3) is 9.08. The number of halogens is 1. The van der Waals surface area contributed by atoms with Crippen LogP contribution in [-0.2, 0) is 0 Å². The van der Waals surface area contributed by atoms with Crippen molar-refractivity contribution in [3.8, 4) is 100 Å². The maximum Gasteiger partial charge on any atom is 0.249 e. The van der Waals surface area contributed by atoms with E-state index in [-0.39, 0.29) is 0 Å². The molecule has 0 aliphatic carbocycles. The third-order valence-corrected chi connectivity index (χ3v) is 20.7. The van der Waals surface area contributed by atoms with Crippen molar-refractivity contribution in [1.82, 2.24) is 0 Å². The third-order valence-electron chi connectivity index (χ3n) is 15.5. The Hall–Kier alpha value is -8.85. The summed E-state index contributed by atoms with van der Waals surface area (Å²) < 4.78 is 0. The van der Waals surface area contributed by atoms with E-state index in [4.69, 9.17) is 0 Å². The smallest absolute Gasteiger partial charge is 0.149 e. The zero-order valence-electron chi connectivity index (χ0n) is 43.6. The molecular weight excluding hydrogens is 964 g/mol. The number of hydrogen-bond acceptors (Lipinski definition) is 0. The second kappa shape index (κ2) is 21.4. The molecule has 0 heterocycles. The van der Waals surface area contributed by atoms with Crippen LogP contribution in [0.2, 0.25) is 0 Å². The van der Waals surface area contributed by atoms with Gasteiger partial charge < -0.3 is 0 Å². The average molecular weight is 1020 g/mol. The SMILES string of the molecule is Cc1c(-c2ccccc2)cc([Si](Cl)(c2cc(-c3ccccc3)c(C)c(-c3ccccc3)c2-c2ccccc2)c2cc(-c3ccccc3)c(C)c(-c3ccccc3)c2-c2ccccc2)c(-c2ccccc2)c1-c1ccccc1. The summed E-state index contributed by atoms with van der Waals surface area (Å²) in [5.41, 5.74) is 24.1. The summed E-state index contributed by atoms with van der Waals surface area (Å²) >= 11 is 10.0.